The monoisotopic (exact) mass is 178 g/mol. The molecule has 0 saturated carbocycles. The molecule has 1 aromatic heterocycles. The zero-order valence-corrected chi connectivity index (χ0v) is 8.67. The maximum absolute atomic E-state index is 6.02. The minimum Gasteiger partial charge on any atom is -0.324 e. The molecule has 1 heterocycles. The Kier molecular flexibility index (Phi) is 3.43. The van der Waals surface area contributed by atoms with Gasteiger partial charge in [0.1, 0.15) is 0 Å². The Morgan fingerprint density at radius 3 is 2.62 bits per heavy atom. The number of hydrogen-bond acceptors (Lipinski definition) is 2. The maximum atomic E-state index is 6.02. The van der Waals surface area contributed by atoms with Crippen LogP contribution >= 0.6 is 0 Å². The van der Waals surface area contributed by atoms with Crippen LogP contribution in [0.25, 0.3) is 0 Å². The lowest BCUT2D eigenvalue weighted by atomic mass is 10.0. The molecule has 0 aliphatic carbocycles. The summed E-state index contributed by atoms with van der Waals surface area (Å²) in [5.74, 6) is 0. The minimum atomic E-state index is 0.151. The number of hydrogen-bond donors (Lipinski definition) is 1. The van der Waals surface area contributed by atoms with Crippen molar-refractivity contribution in [3.63, 3.8) is 0 Å². The Bertz CT molecular complexity index is 281. The number of aromatic nitrogens is 1. The lowest BCUT2D eigenvalue weighted by molar-refractivity contribution is 0.631. The van der Waals surface area contributed by atoms with Crippen LogP contribution in [0.3, 0.4) is 0 Å². The molecule has 1 rings (SSSR count). The molecule has 0 aromatic carbocycles. The molecule has 0 spiro atoms. The standard InChI is InChI=1S/C11H18N2/c1-4-5-11(12)10-7-6-8(2)13-9(10)3/h6-7,11H,4-5,12H2,1-3H3/t11-/m1/s1. The van der Waals surface area contributed by atoms with Gasteiger partial charge in [0.05, 0.1) is 0 Å². The van der Waals surface area contributed by atoms with Gasteiger partial charge in [0.25, 0.3) is 0 Å². The molecule has 1 aromatic rings. The lowest BCUT2D eigenvalue weighted by Gasteiger charge is -2.13. The largest absolute Gasteiger partial charge is 0.324 e. The van der Waals surface area contributed by atoms with Crippen molar-refractivity contribution in [2.45, 2.75) is 39.7 Å². The molecule has 0 radical (unpaired) electrons. The second-order valence-corrected chi connectivity index (χ2v) is 3.52. The van der Waals surface area contributed by atoms with Gasteiger partial charge in [0, 0.05) is 17.4 Å². The van der Waals surface area contributed by atoms with Crippen LogP contribution in [-0.2, 0) is 0 Å². The van der Waals surface area contributed by atoms with E-state index < -0.39 is 0 Å². The molecule has 0 aliphatic rings. The fourth-order valence-electron chi connectivity index (χ4n) is 1.56. The zero-order chi connectivity index (χ0) is 9.84. The third kappa shape index (κ3) is 2.52. The van der Waals surface area contributed by atoms with Gasteiger partial charge in [-0.1, -0.05) is 19.4 Å². The average molecular weight is 178 g/mol. The zero-order valence-electron chi connectivity index (χ0n) is 8.67. The number of rotatable bonds is 3. The Balaban J connectivity index is 2.88. The normalized spacial score (nSPS) is 12.9. The predicted molar refractivity (Wildman–Crippen MR) is 55.5 cm³/mol. The van der Waals surface area contributed by atoms with Crippen LogP contribution in [0, 0.1) is 13.8 Å². The van der Waals surface area contributed by atoms with E-state index >= 15 is 0 Å². The SMILES string of the molecule is CCC[C@@H](N)c1ccc(C)nc1C. The molecule has 2 nitrogen and oxygen atoms in total. The van der Waals surface area contributed by atoms with Crippen LogP contribution in [0.1, 0.15) is 42.8 Å². The summed E-state index contributed by atoms with van der Waals surface area (Å²) >= 11 is 0. The van der Waals surface area contributed by atoms with Crippen molar-refractivity contribution in [3.8, 4) is 0 Å². The summed E-state index contributed by atoms with van der Waals surface area (Å²) in [6, 6.07) is 4.27. The van der Waals surface area contributed by atoms with E-state index in [1.807, 2.05) is 19.9 Å². The molecule has 0 bridgehead atoms. The van der Waals surface area contributed by atoms with Gasteiger partial charge in [-0.05, 0) is 31.9 Å². The first-order valence-corrected chi connectivity index (χ1v) is 4.85. The summed E-state index contributed by atoms with van der Waals surface area (Å²) in [5, 5.41) is 0. The van der Waals surface area contributed by atoms with Crippen LogP contribution in [0.15, 0.2) is 12.1 Å². The van der Waals surface area contributed by atoms with E-state index in [9.17, 15) is 0 Å². The first-order valence-electron chi connectivity index (χ1n) is 4.85. The summed E-state index contributed by atoms with van der Waals surface area (Å²) in [5.41, 5.74) is 9.33. The summed E-state index contributed by atoms with van der Waals surface area (Å²) in [7, 11) is 0. The van der Waals surface area contributed by atoms with Crippen molar-refractivity contribution in [2.75, 3.05) is 0 Å². The quantitative estimate of drug-likeness (QED) is 0.772. The van der Waals surface area contributed by atoms with E-state index in [1.165, 1.54) is 5.56 Å². The predicted octanol–water partition coefficient (Wildman–Crippen LogP) is 2.50. The third-order valence-corrected chi connectivity index (χ3v) is 2.27. The molecular formula is C11H18N2. The van der Waals surface area contributed by atoms with Gasteiger partial charge in [0.15, 0.2) is 0 Å². The van der Waals surface area contributed by atoms with Crippen molar-refractivity contribution < 1.29 is 0 Å². The Hall–Kier alpha value is -0.890. The van der Waals surface area contributed by atoms with E-state index in [1.54, 1.807) is 0 Å². The van der Waals surface area contributed by atoms with E-state index in [2.05, 4.69) is 18.0 Å². The van der Waals surface area contributed by atoms with Crippen LogP contribution in [0.2, 0.25) is 0 Å². The van der Waals surface area contributed by atoms with Crippen LogP contribution < -0.4 is 5.73 Å². The highest BCUT2D eigenvalue weighted by Gasteiger charge is 2.08. The number of pyridine rings is 1. The molecule has 1 atom stereocenters. The summed E-state index contributed by atoms with van der Waals surface area (Å²) in [6.45, 7) is 6.18. The molecule has 0 unspecified atom stereocenters. The van der Waals surface area contributed by atoms with Gasteiger partial charge in [-0.15, -0.1) is 0 Å². The van der Waals surface area contributed by atoms with Crippen LogP contribution in [0.5, 0.6) is 0 Å². The van der Waals surface area contributed by atoms with Crippen molar-refractivity contribution >= 4 is 0 Å². The molecule has 0 aliphatic heterocycles. The van der Waals surface area contributed by atoms with Crippen molar-refractivity contribution in [3.05, 3.63) is 29.1 Å². The van der Waals surface area contributed by atoms with Gasteiger partial charge in [0.2, 0.25) is 0 Å². The molecule has 0 saturated heterocycles. The molecular weight excluding hydrogens is 160 g/mol. The Morgan fingerprint density at radius 1 is 1.38 bits per heavy atom. The average Bonchev–Trinajstić information content (AvgIpc) is 2.04. The number of aryl methyl sites for hydroxylation is 2. The van der Waals surface area contributed by atoms with Crippen molar-refractivity contribution in [1.82, 2.24) is 4.98 Å². The Morgan fingerprint density at radius 2 is 2.08 bits per heavy atom. The Labute approximate surface area is 80.2 Å². The van der Waals surface area contributed by atoms with E-state index in [4.69, 9.17) is 5.73 Å². The highest BCUT2D eigenvalue weighted by Crippen LogP contribution is 2.18. The summed E-state index contributed by atoms with van der Waals surface area (Å²) in [4.78, 5) is 4.40. The molecule has 13 heavy (non-hydrogen) atoms. The molecule has 2 N–H and O–H groups in total. The van der Waals surface area contributed by atoms with E-state index in [0.29, 0.717) is 0 Å². The minimum absolute atomic E-state index is 0.151. The molecule has 2 heteroatoms. The lowest BCUT2D eigenvalue weighted by Crippen LogP contribution is -2.12. The molecule has 0 amide bonds. The molecule has 0 fully saturated rings. The topological polar surface area (TPSA) is 38.9 Å². The first kappa shape index (κ1) is 10.2. The second-order valence-electron chi connectivity index (χ2n) is 3.52. The fraction of sp³-hybridized carbons (Fsp3) is 0.545. The molecule has 72 valence electrons. The second kappa shape index (κ2) is 4.38. The van der Waals surface area contributed by atoms with Crippen molar-refractivity contribution in [2.24, 2.45) is 5.73 Å². The van der Waals surface area contributed by atoms with Gasteiger partial charge in [-0.2, -0.15) is 0 Å². The highest BCUT2D eigenvalue weighted by molar-refractivity contribution is 5.24. The third-order valence-electron chi connectivity index (χ3n) is 2.27. The maximum Gasteiger partial charge on any atom is 0.0423 e. The number of nitrogens with two attached hydrogens (primary N) is 1. The van der Waals surface area contributed by atoms with Gasteiger partial charge >= 0.3 is 0 Å². The van der Waals surface area contributed by atoms with E-state index in [0.717, 1.165) is 24.2 Å². The smallest absolute Gasteiger partial charge is 0.0423 e. The van der Waals surface area contributed by atoms with Gasteiger partial charge < -0.3 is 5.73 Å². The van der Waals surface area contributed by atoms with E-state index in [-0.39, 0.29) is 6.04 Å². The summed E-state index contributed by atoms with van der Waals surface area (Å²) < 4.78 is 0. The van der Waals surface area contributed by atoms with Crippen LogP contribution in [-0.4, -0.2) is 4.98 Å². The van der Waals surface area contributed by atoms with Crippen LogP contribution in [0.4, 0.5) is 0 Å². The van der Waals surface area contributed by atoms with Crippen molar-refractivity contribution in [1.29, 1.82) is 0 Å². The first-order chi connectivity index (χ1) is 6.15. The van der Waals surface area contributed by atoms with Gasteiger partial charge in [-0.25, -0.2) is 0 Å². The highest BCUT2D eigenvalue weighted by atomic mass is 14.7. The fourth-order valence-corrected chi connectivity index (χ4v) is 1.56. The summed E-state index contributed by atoms with van der Waals surface area (Å²) in [6.07, 6.45) is 2.15. The van der Waals surface area contributed by atoms with Gasteiger partial charge in [-0.3, -0.25) is 4.98 Å². The number of nitrogens with zero attached hydrogens (tertiary/aromatic N) is 1.